The first-order chi connectivity index (χ1) is 7.70. The van der Waals surface area contributed by atoms with Crippen LogP contribution in [0.5, 0.6) is 0 Å². The summed E-state index contributed by atoms with van der Waals surface area (Å²) in [5.74, 6) is 0.0257. The first kappa shape index (κ1) is 14.7. The molecule has 0 rings (SSSR count). The molecule has 0 aliphatic rings. The van der Waals surface area contributed by atoms with Crippen molar-refractivity contribution < 1.29 is 9.59 Å². The third-order valence-electron chi connectivity index (χ3n) is 1.19. The van der Waals surface area contributed by atoms with Crippen molar-refractivity contribution in [2.45, 2.75) is 12.8 Å². The Morgan fingerprint density at radius 3 is 1.62 bits per heavy atom. The van der Waals surface area contributed by atoms with Gasteiger partial charge in [-0.15, -0.1) is 0 Å². The van der Waals surface area contributed by atoms with Crippen molar-refractivity contribution in [1.29, 1.82) is 0 Å². The summed E-state index contributed by atoms with van der Waals surface area (Å²) >= 11 is 0. The van der Waals surface area contributed by atoms with Gasteiger partial charge in [0.2, 0.25) is 11.8 Å². The van der Waals surface area contributed by atoms with E-state index in [-0.39, 0.29) is 12.8 Å². The van der Waals surface area contributed by atoms with E-state index in [0.29, 0.717) is 11.5 Å². The summed E-state index contributed by atoms with van der Waals surface area (Å²) in [6.45, 7) is 0. The Balaban J connectivity index is 3.40. The minimum Gasteiger partial charge on any atom is -0.293 e. The highest BCUT2D eigenvalue weighted by Crippen LogP contribution is 2.22. The van der Waals surface area contributed by atoms with Gasteiger partial charge < -0.3 is 0 Å². The molecular weight excluding hydrogens is 252 g/mol. The molecule has 8 nitrogen and oxygen atoms in total. The van der Waals surface area contributed by atoms with Crippen LogP contribution in [0.4, 0.5) is 0 Å². The summed E-state index contributed by atoms with van der Waals surface area (Å²) < 4.78 is 0. The first-order valence-corrected chi connectivity index (χ1v) is 6.59. The highest BCUT2D eigenvalue weighted by molar-refractivity contribution is 8.76. The number of carbonyl (C=O) groups is 2. The highest BCUT2D eigenvalue weighted by atomic mass is 33.1. The number of azide groups is 2. The summed E-state index contributed by atoms with van der Waals surface area (Å²) in [5, 5.41) is 5.81. The van der Waals surface area contributed by atoms with Gasteiger partial charge in [-0.05, 0) is 21.3 Å². The van der Waals surface area contributed by atoms with Crippen molar-refractivity contribution in [3.63, 3.8) is 0 Å². The lowest BCUT2D eigenvalue weighted by Crippen LogP contribution is -1.94. The smallest absolute Gasteiger partial charge is 0.219 e. The SMILES string of the molecule is [N-]=[N+]=NC(=O)CCSSCCC(=O)N=[N+]=[N-]. The molecule has 0 radical (unpaired) electrons. The highest BCUT2D eigenvalue weighted by Gasteiger charge is 2.00. The van der Waals surface area contributed by atoms with Crippen LogP contribution < -0.4 is 0 Å². The maximum Gasteiger partial charge on any atom is 0.219 e. The van der Waals surface area contributed by atoms with Gasteiger partial charge in [-0.3, -0.25) is 9.59 Å². The van der Waals surface area contributed by atoms with E-state index in [1.807, 2.05) is 0 Å². The normalized spacial score (nSPS) is 8.75. The summed E-state index contributed by atoms with van der Waals surface area (Å²) in [6, 6.07) is 0. The van der Waals surface area contributed by atoms with Crippen LogP contribution >= 0.6 is 21.6 Å². The molecule has 0 heterocycles. The zero-order valence-corrected chi connectivity index (χ0v) is 9.78. The molecule has 86 valence electrons. The minimum atomic E-state index is -0.499. The molecular formula is C6H8N6O2S2. The third-order valence-corrected chi connectivity index (χ3v) is 3.60. The van der Waals surface area contributed by atoms with Crippen molar-refractivity contribution in [3.8, 4) is 0 Å². The van der Waals surface area contributed by atoms with Gasteiger partial charge >= 0.3 is 0 Å². The molecule has 0 bridgehead atoms. The maximum absolute atomic E-state index is 10.7. The average molecular weight is 260 g/mol. The molecule has 16 heavy (non-hydrogen) atoms. The quantitative estimate of drug-likeness (QED) is 0.229. The fourth-order valence-corrected chi connectivity index (χ4v) is 2.53. The fraction of sp³-hybridized carbons (Fsp3) is 0.667. The van der Waals surface area contributed by atoms with Crippen molar-refractivity contribution >= 4 is 33.4 Å². The van der Waals surface area contributed by atoms with Crippen LogP contribution in [0.2, 0.25) is 0 Å². The Kier molecular flexibility index (Phi) is 9.33. The van der Waals surface area contributed by atoms with Crippen LogP contribution in [-0.4, -0.2) is 23.3 Å². The van der Waals surface area contributed by atoms with Gasteiger partial charge in [0.05, 0.1) is 0 Å². The molecule has 0 N–H and O–H groups in total. The lowest BCUT2D eigenvalue weighted by molar-refractivity contribution is -0.118. The zero-order chi connectivity index (χ0) is 12.2. The Hall–Kier alpha value is -1.34. The van der Waals surface area contributed by atoms with Crippen LogP contribution in [-0.2, 0) is 9.59 Å². The van der Waals surface area contributed by atoms with Gasteiger partial charge in [-0.25, -0.2) is 0 Å². The average Bonchev–Trinajstić information content (AvgIpc) is 2.24. The molecule has 0 saturated heterocycles. The monoisotopic (exact) mass is 260 g/mol. The molecule has 0 aliphatic carbocycles. The second-order valence-corrected chi connectivity index (χ2v) is 5.01. The van der Waals surface area contributed by atoms with Gasteiger partial charge in [0.25, 0.3) is 0 Å². The minimum absolute atomic E-state index is 0.173. The Bertz CT molecular complexity index is 313. The van der Waals surface area contributed by atoms with E-state index in [0.717, 1.165) is 0 Å². The van der Waals surface area contributed by atoms with Crippen LogP contribution in [0.25, 0.3) is 20.9 Å². The summed E-state index contributed by atoms with van der Waals surface area (Å²) in [7, 11) is 2.79. The Morgan fingerprint density at radius 1 is 0.938 bits per heavy atom. The maximum atomic E-state index is 10.7. The summed E-state index contributed by atoms with van der Waals surface area (Å²) in [6.07, 6.45) is 0.345. The summed E-state index contributed by atoms with van der Waals surface area (Å²) in [5.41, 5.74) is 15.9. The molecule has 0 aromatic rings. The van der Waals surface area contributed by atoms with E-state index in [9.17, 15) is 9.59 Å². The molecule has 0 unspecified atom stereocenters. The van der Waals surface area contributed by atoms with Crippen LogP contribution in [0.1, 0.15) is 12.8 Å². The molecule has 10 heteroatoms. The van der Waals surface area contributed by atoms with E-state index >= 15 is 0 Å². The fourth-order valence-electron chi connectivity index (χ4n) is 0.576. The largest absolute Gasteiger partial charge is 0.293 e. The molecule has 2 amide bonds. The van der Waals surface area contributed by atoms with E-state index in [4.69, 9.17) is 11.1 Å². The van der Waals surface area contributed by atoms with Gasteiger partial charge in [-0.1, -0.05) is 21.6 Å². The molecule has 0 aromatic heterocycles. The van der Waals surface area contributed by atoms with E-state index in [1.165, 1.54) is 21.6 Å². The lowest BCUT2D eigenvalue weighted by Gasteiger charge is -1.96. The standard InChI is InChI=1S/C6H8N6O2S2/c7-11-9-5(13)1-3-15-16-4-2-6(14)10-12-8/h1-4H2. The molecule has 0 fully saturated rings. The summed E-state index contributed by atoms with van der Waals surface area (Å²) in [4.78, 5) is 26.2. The lowest BCUT2D eigenvalue weighted by atomic mass is 10.5. The van der Waals surface area contributed by atoms with Gasteiger partial charge in [0, 0.05) is 34.2 Å². The van der Waals surface area contributed by atoms with Crippen LogP contribution in [0, 0.1) is 0 Å². The van der Waals surface area contributed by atoms with Crippen molar-refractivity contribution in [2.24, 2.45) is 10.2 Å². The second kappa shape index (κ2) is 10.2. The van der Waals surface area contributed by atoms with E-state index < -0.39 is 11.8 Å². The first-order valence-electron chi connectivity index (χ1n) is 4.11. The number of hydrogen-bond donors (Lipinski definition) is 0. The molecule has 0 aromatic carbocycles. The number of carbonyl (C=O) groups excluding carboxylic acids is 2. The van der Waals surface area contributed by atoms with Crippen LogP contribution in [0.15, 0.2) is 10.2 Å². The predicted molar refractivity (Wildman–Crippen MR) is 62.5 cm³/mol. The zero-order valence-electron chi connectivity index (χ0n) is 8.14. The third kappa shape index (κ3) is 9.22. The molecule has 0 atom stereocenters. The topological polar surface area (TPSA) is 132 Å². The van der Waals surface area contributed by atoms with Gasteiger partial charge in [-0.2, -0.15) is 0 Å². The van der Waals surface area contributed by atoms with Crippen molar-refractivity contribution in [1.82, 2.24) is 0 Å². The van der Waals surface area contributed by atoms with Gasteiger partial charge in [0.1, 0.15) is 0 Å². The molecule has 0 aliphatic heterocycles. The van der Waals surface area contributed by atoms with Crippen molar-refractivity contribution in [3.05, 3.63) is 20.9 Å². The molecule has 0 spiro atoms. The second-order valence-electron chi connectivity index (χ2n) is 2.31. The van der Waals surface area contributed by atoms with Crippen molar-refractivity contribution in [2.75, 3.05) is 11.5 Å². The van der Waals surface area contributed by atoms with Crippen LogP contribution in [0.3, 0.4) is 0 Å². The number of amides is 2. The predicted octanol–water partition coefficient (Wildman–Crippen LogP) is 2.82. The van der Waals surface area contributed by atoms with E-state index in [2.05, 4.69) is 20.1 Å². The molecule has 0 saturated carbocycles. The number of nitrogens with zero attached hydrogens (tertiary/aromatic N) is 6. The van der Waals surface area contributed by atoms with E-state index in [1.54, 1.807) is 0 Å². The Labute approximate surface area is 98.8 Å². The number of rotatable bonds is 7. The van der Waals surface area contributed by atoms with Gasteiger partial charge in [0.15, 0.2) is 0 Å². The number of hydrogen-bond acceptors (Lipinski definition) is 4. The Morgan fingerprint density at radius 2 is 1.31 bits per heavy atom.